The highest BCUT2D eigenvalue weighted by Crippen LogP contribution is 2.26. The molecule has 0 bridgehead atoms. The molecule has 120 valence electrons. The Balaban J connectivity index is 2.53. The second-order valence-electron chi connectivity index (χ2n) is 4.92. The number of halogens is 1. The third-order valence-electron chi connectivity index (χ3n) is 3.62. The van der Waals surface area contributed by atoms with Crippen LogP contribution in [-0.4, -0.2) is 43.1 Å². The average molecular weight is 314 g/mol. The van der Waals surface area contributed by atoms with Crippen molar-refractivity contribution in [3.05, 3.63) is 24.3 Å². The number of rotatable bonds is 11. The van der Waals surface area contributed by atoms with Crippen LogP contribution in [0.5, 0.6) is 11.5 Å². The predicted molar refractivity (Wildman–Crippen MR) is 89.8 cm³/mol. The molecule has 4 heteroatoms. The minimum atomic E-state index is 0.578. The quantitative estimate of drug-likeness (QED) is 0.572. The Hall–Kier alpha value is -0.930. The van der Waals surface area contributed by atoms with Crippen molar-refractivity contribution in [1.82, 2.24) is 4.90 Å². The number of hydrogen-bond donors (Lipinski definition) is 0. The largest absolute Gasteiger partial charge is 0.490 e. The summed E-state index contributed by atoms with van der Waals surface area (Å²) in [5.74, 6) is 2.28. The molecule has 21 heavy (non-hydrogen) atoms. The molecule has 0 saturated heterocycles. The van der Waals surface area contributed by atoms with Crippen LogP contribution < -0.4 is 9.47 Å². The number of ether oxygens (including phenoxy) is 2. The van der Waals surface area contributed by atoms with Crippen LogP contribution >= 0.6 is 11.6 Å². The SMILES string of the molecule is CCOc1ccccc1OCCN(CCCl)C(CC)CC. The van der Waals surface area contributed by atoms with Gasteiger partial charge in [0.25, 0.3) is 0 Å². The maximum Gasteiger partial charge on any atom is 0.161 e. The van der Waals surface area contributed by atoms with Crippen molar-refractivity contribution in [2.45, 2.75) is 39.7 Å². The number of benzene rings is 1. The molecule has 1 rings (SSSR count). The van der Waals surface area contributed by atoms with Gasteiger partial charge in [0.05, 0.1) is 6.61 Å². The van der Waals surface area contributed by atoms with Gasteiger partial charge in [0.1, 0.15) is 6.61 Å². The van der Waals surface area contributed by atoms with E-state index in [4.69, 9.17) is 21.1 Å². The van der Waals surface area contributed by atoms with Crippen molar-refractivity contribution in [3.63, 3.8) is 0 Å². The van der Waals surface area contributed by atoms with Crippen molar-refractivity contribution in [3.8, 4) is 11.5 Å². The van der Waals surface area contributed by atoms with Crippen LogP contribution in [0.15, 0.2) is 24.3 Å². The summed E-state index contributed by atoms with van der Waals surface area (Å²) in [5.41, 5.74) is 0. The van der Waals surface area contributed by atoms with Crippen LogP contribution in [0, 0.1) is 0 Å². The Bertz CT molecular complexity index is 383. The zero-order valence-corrected chi connectivity index (χ0v) is 14.2. The standard InChI is InChI=1S/C17H28ClNO2/c1-4-15(5-2)19(12-11-18)13-14-21-17-10-8-7-9-16(17)20-6-3/h7-10,15H,4-6,11-14H2,1-3H3. The molecule has 0 radical (unpaired) electrons. The molecule has 0 aliphatic carbocycles. The monoisotopic (exact) mass is 313 g/mol. The molecule has 0 heterocycles. The summed E-state index contributed by atoms with van der Waals surface area (Å²) in [6.45, 7) is 9.52. The van der Waals surface area contributed by atoms with Gasteiger partial charge in [-0.05, 0) is 31.9 Å². The van der Waals surface area contributed by atoms with Gasteiger partial charge in [0.2, 0.25) is 0 Å². The third-order valence-corrected chi connectivity index (χ3v) is 3.78. The summed E-state index contributed by atoms with van der Waals surface area (Å²) in [4.78, 5) is 2.41. The molecule has 0 spiro atoms. The van der Waals surface area contributed by atoms with Crippen LogP contribution in [0.2, 0.25) is 0 Å². The van der Waals surface area contributed by atoms with Gasteiger partial charge in [0, 0.05) is 25.0 Å². The Morgan fingerprint density at radius 1 is 1.00 bits per heavy atom. The number of para-hydroxylation sites is 2. The van der Waals surface area contributed by atoms with Crippen molar-refractivity contribution in [2.75, 3.05) is 32.2 Å². The van der Waals surface area contributed by atoms with Gasteiger partial charge in [-0.2, -0.15) is 0 Å². The summed E-state index contributed by atoms with van der Waals surface area (Å²) in [5, 5.41) is 0. The molecular formula is C17H28ClNO2. The Morgan fingerprint density at radius 3 is 2.14 bits per heavy atom. The first-order valence-electron chi connectivity index (χ1n) is 7.91. The van der Waals surface area contributed by atoms with E-state index in [2.05, 4.69) is 18.7 Å². The lowest BCUT2D eigenvalue weighted by molar-refractivity contribution is 0.157. The van der Waals surface area contributed by atoms with Crippen LogP contribution in [0.1, 0.15) is 33.6 Å². The lowest BCUT2D eigenvalue weighted by Gasteiger charge is -2.29. The Labute approximate surface area is 134 Å². The number of hydrogen-bond acceptors (Lipinski definition) is 3. The normalized spacial score (nSPS) is 11.1. The molecular weight excluding hydrogens is 286 g/mol. The van der Waals surface area contributed by atoms with Gasteiger partial charge in [-0.15, -0.1) is 11.6 Å². The first kappa shape index (κ1) is 18.1. The molecule has 0 saturated carbocycles. The van der Waals surface area contributed by atoms with Gasteiger partial charge in [-0.25, -0.2) is 0 Å². The van der Waals surface area contributed by atoms with E-state index in [1.807, 2.05) is 31.2 Å². The minimum Gasteiger partial charge on any atom is -0.490 e. The zero-order valence-electron chi connectivity index (χ0n) is 13.5. The van der Waals surface area contributed by atoms with Crippen LogP contribution in [-0.2, 0) is 0 Å². The predicted octanol–water partition coefficient (Wildman–Crippen LogP) is 4.19. The Morgan fingerprint density at radius 2 is 1.62 bits per heavy atom. The van der Waals surface area contributed by atoms with Crippen molar-refractivity contribution >= 4 is 11.6 Å². The molecule has 1 aromatic rings. The van der Waals surface area contributed by atoms with Crippen LogP contribution in [0.3, 0.4) is 0 Å². The fraction of sp³-hybridized carbons (Fsp3) is 0.647. The Kier molecular flexibility index (Phi) is 9.27. The second kappa shape index (κ2) is 10.7. The van der Waals surface area contributed by atoms with E-state index in [-0.39, 0.29) is 0 Å². The summed E-state index contributed by atoms with van der Waals surface area (Å²) >= 11 is 5.91. The lowest BCUT2D eigenvalue weighted by Crippen LogP contribution is -2.38. The van der Waals surface area contributed by atoms with Gasteiger partial charge in [0.15, 0.2) is 11.5 Å². The van der Waals surface area contributed by atoms with Crippen molar-refractivity contribution in [1.29, 1.82) is 0 Å². The molecule has 0 aliphatic heterocycles. The average Bonchev–Trinajstić information content (AvgIpc) is 2.50. The first-order chi connectivity index (χ1) is 10.3. The van der Waals surface area contributed by atoms with E-state index >= 15 is 0 Å². The maximum absolute atomic E-state index is 5.91. The van der Waals surface area contributed by atoms with Crippen molar-refractivity contribution < 1.29 is 9.47 Å². The van der Waals surface area contributed by atoms with E-state index in [1.165, 1.54) is 0 Å². The molecule has 0 N–H and O–H groups in total. The summed E-state index contributed by atoms with van der Waals surface area (Å²) in [6, 6.07) is 8.40. The molecule has 3 nitrogen and oxygen atoms in total. The topological polar surface area (TPSA) is 21.7 Å². The summed E-state index contributed by atoms with van der Waals surface area (Å²) < 4.78 is 11.5. The fourth-order valence-corrected chi connectivity index (χ4v) is 2.72. The van der Waals surface area contributed by atoms with Crippen LogP contribution in [0.25, 0.3) is 0 Å². The van der Waals surface area contributed by atoms with E-state index in [1.54, 1.807) is 0 Å². The molecule has 0 amide bonds. The highest BCUT2D eigenvalue weighted by molar-refractivity contribution is 6.18. The van der Waals surface area contributed by atoms with Gasteiger partial charge in [-0.3, -0.25) is 4.90 Å². The molecule has 0 unspecified atom stereocenters. The molecule has 1 aromatic carbocycles. The van der Waals surface area contributed by atoms with E-state index in [0.717, 1.165) is 37.4 Å². The van der Waals surface area contributed by atoms with E-state index in [0.29, 0.717) is 25.1 Å². The molecule has 0 atom stereocenters. The minimum absolute atomic E-state index is 0.578. The number of alkyl halides is 1. The molecule has 0 aromatic heterocycles. The fourth-order valence-electron chi connectivity index (χ4n) is 2.51. The second-order valence-corrected chi connectivity index (χ2v) is 5.30. The van der Waals surface area contributed by atoms with Crippen molar-refractivity contribution in [2.24, 2.45) is 0 Å². The third kappa shape index (κ3) is 6.15. The van der Waals surface area contributed by atoms with Crippen LogP contribution in [0.4, 0.5) is 0 Å². The first-order valence-corrected chi connectivity index (χ1v) is 8.44. The van der Waals surface area contributed by atoms with Gasteiger partial charge in [-0.1, -0.05) is 26.0 Å². The smallest absolute Gasteiger partial charge is 0.161 e. The summed E-state index contributed by atoms with van der Waals surface area (Å²) in [6.07, 6.45) is 2.28. The maximum atomic E-state index is 5.91. The molecule has 0 aliphatic rings. The van der Waals surface area contributed by atoms with Gasteiger partial charge >= 0.3 is 0 Å². The highest BCUT2D eigenvalue weighted by Gasteiger charge is 2.14. The summed E-state index contributed by atoms with van der Waals surface area (Å²) in [7, 11) is 0. The highest BCUT2D eigenvalue weighted by atomic mass is 35.5. The zero-order chi connectivity index (χ0) is 15.5. The van der Waals surface area contributed by atoms with E-state index < -0.39 is 0 Å². The van der Waals surface area contributed by atoms with E-state index in [9.17, 15) is 0 Å². The lowest BCUT2D eigenvalue weighted by atomic mass is 10.1. The number of nitrogens with zero attached hydrogens (tertiary/aromatic N) is 1. The van der Waals surface area contributed by atoms with Gasteiger partial charge < -0.3 is 9.47 Å². The molecule has 0 fully saturated rings.